The van der Waals surface area contributed by atoms with Crippen LogP contribution in [0, 0.1) is 0 Å². The summed E-state index contributed by atoms with van der Waals surface area (Å²) in [5.74, 6) is -1.76. The Morgan fingerprint density at radius 2 is 2.25 bits per heavy atom. The molecule has 0 saturated carbocycles. The van der Waals surface area contributed by atoms with Crippen molar-refractivity contribution in [3.8, 4) is 0 Å². The minimum Gasteiger partial charge on any atom is -0.477 e. The number of nitrogens with one attached hydrogen (secondary N) is 2. The molecule has 2 aliphatic heterocycles. The second-order valence-corrected chi connectivity index (χ2v) is 11.7. The van der Waals surface area contributed by atoms with Gasteiger partial charge >= 0.3 is 5.97 Å². The average molecular weight is 635 g/mol. The highest BCUT2D eigenvalue weighted by atomic mass is 79.9. The highest BCUT2D eigenvalue weighted by Gasteiger charge is 2.54. The standard InChI is InChI=1S/C18H16BrN7O6S4/c19-1-2-32-25-10(9-5-34-17(22-9)20-6-27)13(28)23-11-14(29)26-12(16(30)31)8(3-33-15(11)26)4-35-18-24-21-7-36-18/h5-7,11,15H,1-4H2,(H,23,28)(H,30,31)(H,20,22,27)/t11?,15-/m1/s1. The van der Waals surface area contributed by atoms with E-state index in [1.165, 1.54) is 45.1 Å². The maximum Gasteiger partial charge on any atom is 0.352 e. The third kappa shape index (κ3) is 5.72. The highest BCUT2D eigenvalue weighted by Crippen LogP contribution is 2.41. The molecule has 0 aromatic carbocycles. The van der Waals surface area contributed by atoms with Crippen LogP contribution in [-0.4, -0.2) is 90.0 Å². The topological polar surface area (TPSA) is 176 Å². The largest absolute Gasteiger partial charge is 0.477 e. The van der Waals surface area contributed by atoms with E-state index in [0.717, 1.165) is 11.3 Å². The van der Waals surface area contributed by atoms with Crippen LogP contribution in [-0.2, 0) is 24.0 Å². The fourth-order valence-corrected chi connectivity index (χ4v) is 7.00. The Bertz CT molecular complexity index is 1220. The molecule has 3 N–H and O–H groups in total. The lowest BCUT2D eigenvalue weighted by atomic mass is 10.0. The minimum absolute atomic E-state index is 0.0788. The number of hydrogen-bond acceptors (Lipinski definition) is 13. The van der Waals surface area contributed by atoms with E-state index in [2.05, 4.69) is 46.9 Å². The number of aromatic nitrogens is 3. The Hall–Kier alpha value is -2.54. The number of β-lactam (4-membered cyclic amide) rings is 1. The number of halogens is 1. The van der Waals surface area contributed by atoms with Gasteiger partial charge in [-0.25, -0.2) is 9.78 Å². The third-order valence-corrected chi connectivity index (χ3v) is 9.10. The van der Waals surface area contributed by atoms with E-state index in [0.29, 0.717) is 33.2 Å². The van der Waals surface area contributed by atoms with E-state index in [1.807, 2.05) is 0 Å². The fraction of sp³-hybridized carbons (Fsp3) is 0.333. The second-order valence-electron chi connectivity index (χ2n) is 6.87. The van der Waals surface area contributed by atoms with Crippen molar-refractivity contribution in [2.45, 2.75) is 15.8 Å². The molecule has 4 heterocycles. The van der Waals surface area contributed by atoms with Gasteiger partial charge in [0.25, 0.3) is 11.8 Å². The maximum atomic E-state index is 13.1. The van der Waals surface area contributed by atoms with Gasteiger partial charge in [-0.05, 0) is 5.57 Å². The number of nitrogens with zero attached hydrogens (tertiary/aromatic N) is 5. The van der Waals surface area contributed by atoms with Crippen LogP contribution in [0.2, 0.25) is 0 Å². The van der Waals surface area contributed by atoms with Gasteiger partial charge < -0.3 is 20.6 Å². The first-order valence-corrected chi connectivity index (χ1v) is 14.9. The zero-order valence-corrected chi connectivity index (χ0v) is 22.8. The number of carbonyl (C=O) groups excluding carboxylic acids is 3. The van der Waals surface area contributed by atoms with Gasteiger partial charge in [0.1, 0.15) is 34.9 Å². The summed E-state index contributed by atoms with van der Waals surface area (Å²) >= 11 is 8.33. The Balaban J connectivity index is 1.49. The van der Waals surface area contributed by atoms with Crippen LogP contribution in [0.25, 0.3) is 0 Å². The summed E-state index contributed by atoms with van der Waals surface area (Å²) in [6.07, 6.45) is 0.455. The Morgan fingerprint density at radius 1 is 1.42 bits per heavy atom. The monoisotopic (exact) mass is 633 g/mol. The number of carboxylic acids is 1. The molecule has 2 aromatic rings. The molecule has 2 atom stereocenters. The number of thioether (sulfide) groups is 2. The first kappa shape index (κ1) is 26.5. The molecule has 3 amide bonds. The SMILES string of the molecule is O=CNc1nc(C(=NOCCBr)C(=O)NC2C(=O)N3C(C(=O)O)=C(CSc4nncs4)CS[C@H]23)cs1. The number of aliphatic carboxylic acids is 1. The van der Waals surface area contributed by atoms with Gasteiger partial charge in [0, 0.05) is 22.2 Å². The Labute approximate surface area is 228 Å². The van der Waals surface area contributed by atoms with Gasteiger partial charge in [-0.1, -0.05) is 44.2 Å². The molecule has 1 saturated heterocycles. The number of oxime groups is 1. The van der Waals surface area contributed by atoms with Crippen LogP contribution in [0.15, 0.2) is 31.7 Å². The van der Waals surface area contributed by atoms with Gasteiger partial charge in [0.2, 0.25) is 6.41 Å². The molecule has 36 heavy (non-hydrogen) atoms. The van der Waals surface area contributed by atoms with Gasteiger partial charge in [0.05, 0.1) is 0 Å². The summed E-state index contributed by atoms with van der Waals surface area (Å²) in [7, 11) is 0. The van der Waals surface area contributed by atoms with Gasteiger partial charge in [0.15, 0.2) is 15.2 Å². The predicted molar refractivity (Wildman–Crippen MR) is 138 cm³/mol. The van der Waals surface area contributed by atoms with Crippen molar-refractivity contribution < 1.29 is 29.1 Å². The maximum absolute atomic E-state index is 13.1. The second kappa shape index (κ2) is 12.1. The van der Waals surface area contributed by atoms with Crippen LogP contribution in [0.3, 0.4) is 0 Å². The fourth-order valence-electron chi connectivity index (χ4n) is 3.23. The van der Waals surface area contributed by atoms with E-state index in [9.17, 15) is 24.3 Å². The van der Waals surface area contributed by atoms with Crippen molar-refractivity contribution in [1.82, 2.24) is 25.4 Å². The van der Waals surface area contributed by atoms with Crippen molar-refractivity contribution in [3.05, 3.63) is 27.9 Å². The summed E-state index contributed by atoms with van der Waals surface area (Å²) in [5, 5.41) is 28.0. The molecule has 0 bridgehead atoms. The molecule has 4 rings (SSSR count). The van der Waals surface area contributed by atoms with E-state index >= 15 is 0 Å². The first-order chi connectivity index (χ1) is 17.4. The number of fused-ring (bicyclic) bond motifs is 1. The molecule has 1 fully saturated rings. The first-order valence-electron chi connectivity index (χ1n) is 9.96. The van der Waals surface area contributed by atoms with E-state index in [-0.39, 0.29) is 28.8 Å². The number of hydrogen-bond donors (Lipinski definition) is 3. The van der Waals surface area contributed by atoms with Crippen molar-refractivity contribution >= 4 is 97.2 Å². The molecule has 1 unspecified atom stereocenters. The summed E-state index contributed by atoms with van der Waals surface area (Å²) in [6, 6.07) is -0.957. The number of amides is 3. The van der Waals surface area contributed by atoms with E-state index in [4.69, 9.17) is 4.84 Å². The van der Waals surface area contributed by atoms with E-state index in [1.54, 1.807) is 5.51 Å². The summed E-state index contributed by atoms with van der Waals surface area (Å²) < 4.78 is 0.696. The van der Waals surface area contributed by atoms with Crippen LogP contribution >= 0.6 is 62.1 Å². The van der Waals surface area contributed by atoms with Crippen LogP contribution in [0.4, 0.5) is 5.13 Å². The van der Waals surface area contributed by atoms with Crippen LogP contribution in [0.5, 0.6) is 0 Å². The number of anilines is 1. The number of rotatable bonds is 12. The third-order valence-electron chi connectivity index (χ3n) is 4.71. The van der Waals surface area contributed by atoms with Crippen molar-refractivity contribution in [2.24, 2.45) is 5.16 Å². The van der Waals surface area contributed by atoms with Crippen molar-refractivity contribution in [3.63, 3.8) is 0 Å². The lowest BCUT2D eigenvalue weighted by molar-refractivity contribution is -0.150. The number of carbonyl (C=O) groups is 4. The Kier molecular flexibility index (Phi) is 8.94. The molecular weight excluding hydrogens is 618 g/mol. The quantitative estimate of drug-likeness (QED) is 0.0582. The van der Waals surface area contributed by atoms with Crippen LogP contribution < -0.4 is 10.6 Å². The number of alkyl halides is 1. The zero-order valence-electron chi connectivity index (χ0n) is 18.0. The number of thiazole rings is 1. The molecule has 0 radical (unpaired) electrons. The number of carboxylic acid groups (broad SMARTS) is 1. The molecular formula is C18H16BrN7O6S4. The molecule has 0 spiro atoms. The molecule has 2 aromatic heterocycles. The highest BCUT2D eigenvalue weighted by molar-refractivity contribution is 9.09. The molecule has 2 aliphatic rings. The van der Waals surface area contributed by atoms with E-state index < -0.39 is 29.2 Å². The molecule has 13 nitrogen and oxygen atoms in total. The summed E-state index contributed by atoms with van der Waals surface area (Å²) in [4.78, 5) is 59.2. The van der Waals surface area contributed by atoms with Gasteiger partial charge in [-0.2, -0.15) is 0 Å². The van der Waals surface area contributed by atoms with Crippen LogP contribution in [0.1, 0.15) is 5.69 Å². The average Bonchev–Trinajstić information content (AvgIpc) is 3.55. The zero-order chi connectivity index (χ0) is 25.7. The Morgan fingerprint density at radius 3 is 2.94 bits per heavy atom. The lowest BCUT2D eigenvalue weighted by Crippen LogP contribution is -2.71. The molecule has 190 valence electrons. The molecule has 18 heteroatoms. The van der Waals surface area contributed by atoms with Gasteiger partial charge in [-0.3, -0.25) is 19.3 Å². The van der Waals surface area contributed by atoms with Crippen molar-refractivity contribution in [1.29, 1.82) is 0 Å². The van der Waals surface area contributed by atoms with Gasteiger partial charge in [-0.15, -0.1) is 33.3 Å². The predicted octanol–water partition coefficient (Wildman–Crippen LogP) is 1.21. The smallest absolute Gasteiger partial charge is 0.352 e. The minimum atomic E-state index is -1.21. The molecule has 0 aliphatic carbocycles. The normalized spacial score (nSPS) is 19.4. The summed E-state index contributed by atoms with van der Waals surface area (Å²) in [5.41, 5.74) is 2.07. The lowest BCUT2D eigenvalue weighted by Gasteiger charge is -2.49. The summed E-state index contributed by atoms with van der Waals surface area (Å²) in [6.45, 7) is 0.180. The van der Waals surface area contributed by atoms with Crippen molar-refractivity contribution in [2.75, 3.05) is 28.8 Å².